The maximum absolute atomic E-state index is 8.87. The second kappa shape index (κ2) is 7.87. The van der Waals surface area contributed by atoms with Gasteiger partial charge in [0, 0.05) is 6.61 Å². The van der Waals surface area contributed by atoms with Crippen molar-refractivity contribution in [1.82, 2.24) is 0 Å². The maximum atomic E-state index is 8.87. The van der Waals surface area contributed by atoms with Gasteiger partial charge in [-0.2, -0.15) is 0 Å². The molecule has 2 N–H and O–H groups in total. The highest BCUT2D eigenvalue weighted by Gasteiger charge is 2.00. The minimum atomic E-state index is 0.0529. The first-order valence-corrected chi connectivity index (χ1v) is 5.87. The third kappa shape index (κ3) is 5.52. The van der Waals surface area contributed by atoms with E-state index in [9.17, 15) is 0 Å². The second-order valence-electron chi connectivity index (χ2n) is 4.08. The predicted molar refractivity (Wildman–Crippen MR) is 68.9 cm³/mol. The quantitative estimate of drug-likeness (QED) is 0.762. The Kier molecular flexibility index (Phi) is 6.37. The number of rotatable bonds is 7. The monoisotopic (exact) mass is 236 g/mol. The molecule has 0 saturated heterocycles. The summed E-state index contributed by atoms with van der Waals surface area (Å²) in [6, 6.07) is 7.69. The molecule has 1 aromatic carbocycles. The molecule has 0 radical (unpaired) electrons. The van der Waals surface area contributed by atoms with E-state index in [-0.39, 0.29) is 19.1 Å². The fraction of sp³-hybridized carbons (Fsp3) is 0.429. The number of ether oxygens (including phenoxy) is 1. The molecule has 0 aromatic heterocycles. The first-order valence-electron chi connectivity index (χ1n) is 5.87. The van der Waals surface area contributed by atoms with Crippen LogP contribution in [0.15, 0.2) is 30.3 Å². The molecule has 94 valence electrons. The van der Waals surface area contributed by atoms with E-state index < -0.39 is 0 Å². The second-order valence-corrected chi connectivity index (χ2v) is 4.08. The molecular weight excluding hydrogens is 216 g/mol. The fourth-order valence-corrected chi connectivity index (χ4v) is 1.33. The Morgan fingerprint density at radius 2 is 1.94 bits per heavy atom. The summed E-state index contributed by atoms with van der Waals surface area (Å²) >= 11 is 0. The van der Waals surface area contributed by atoms with E-state index in [1.165, 1.54) is 0 Å². The van der Waals surface area contributed by atoms with E-state index in [1.807, 2.05) is 37.3 Å². The van der Waals surface area contributed by atoms with Gasteiger partial charge >= 0.3 is 0 Å². The molecule has 0 bridgehead atoms. The predicted octanol–water partition coefficient (Wildman–Crippen LogP) is 2.09. The Hall–Kier alpha value is -1.32. The van der Waals surface area contributed by atoms with Gasteiger partial charge in [-0.3, -0.25) is 0 Å². The van der Waals surface area contributed by atoms with Gasteiger partial charge in [0.1, 0.15) is 5.75 Å². The number of benzene rings is 1. The van der Waals surface area contributed by atoms with Crippen LogP contribution in [0, 0.1) is 5.92 Å². The van der Waals surface area contributed by atoms with Crippen LogP contribution in [0.4, 0.5) is 0 Å². The molecule has 0 saturated carbocycles. The number of aliphatic hydroxyl groups is 2. The van der Waals surface area contributed by atoms with E-state index >= 15 is 0 Å². The Morgan fingerprint density at radius 3 is 2.53 bits per heavy atom. The van der Waals surface area contributed by atoms with Crippen molar-refractivity contribution in [2.24, 2.45) is 5.92 Å². The molecule has 0 heterocycles. The summed E-state index contributed by atoms with van der Waals surface area (Å²) in [7, 11) is 0. The number of hydrogen-bond donors (Lipinski definition) is 2. The first-order chi connectivity index (χ1) is 8.26. The minimum Gasteiger partial charge on any atom is -0.494 e. The Balaban J connectivity index is 2.37. The van der Waals surface area contributed by atoms with Gasteiger partial charge in [-0.25, -0.2) is 0 Å². The lowest BCUT2D eigenvalue weighted by molar-refractivity contribution is 0.202. The van der Waals surface area contributed by atoms with Crippen LogP contribution in [0.3, 0.4) is 0 Å². The van der Waals surface area contributed by atoms with Crippen molar-refractivity contribution < 1.29 is 14.9 Å². The van der Waals surface area contributed by atoms with Crippen molar-refractivity contribution in [1.29, 1.82) is 0 Å². The van der Waals surface area contributed by atoms with Gasteiger partial charge in [0.15, 0.2) is 0 Å². The van der Waals surface area contributed by atoms with Gasteiger partial charge in [0.2, 0.25) is 0 Å². The van der Waals surface area contributed by atoms with Gasteiger partial charge in [0.25, 0.3) is 0 Å². The van der Waals surface area contributed by atoms with Crippen molar-refractivity contribution in [3.63, 3.8) is 0 Å². The zero-order valence-corrected chi connectivity index (χ0v) is 10.2. The molecule has 1 aromatic rings. The summed E-state index contributed by atoms with van der Waals surface area (Å²) in [5.41, 5.74) is 1.04. The average Bonchev–Trinajstić information content (AvgIpc) is 2.37. The molecule has 0 fully saturated rings. The van der Waals surface area contributed by atoms with Gasteiger partial charge in [-0.1, -0.05) is 31.2 Å². The Bertz CT molecular complexity index is 330. The molecule has 0 amide bonds. The molecule has 1 atom stereocenters. The third-order valence-electron chi connectivity index (χ3n) is 2.49. The third-order valence-corrected chi connectivity index (χ3v) is 2.49. The van der Waals surface area contributed by atoms with Gasteiger partial charge in [0.05, 0.1) is 13.2 Å². The Morgan fingerprint density at radius 1 is 1.24 bits per heavy atom. The van der Waals surface area contributed by atoms with Gasteiger partial charge < -0.3 is 14.9 Å². The molecule has 1 rings (SSSR count). The molecule has 0 aliphatic heterocycles. The SMILES string of the molecule is C[C@@H](CO)CCOc1ccc(/C=C/CO)cc1. The van der Waals surface area contributed by atoms with E-state index in [0.717, 1.165) is 17.7 Å². The van der Waals surface area contributed by atoms with Crippen LogP contribution in [-0.2, 0) is 0 Å². The van der Waals surface area contributed by atoms with Crippen LogP contribution in [0.2, 0.25) is 0 Å². The van der Waals surface area contributed by atoms with Crippen LogP contribution in [-0.4, -0.2) is 30.0 Å². The summed E-state index contributed by atoms with van der Waals surface area (Å²) in [6.07, 6.45) is 4.40. The summed E-state index contributed by atoms with van der Waals surface area (Å²) < 4.78 is 5.55. The summed E-state index contributed by atoms with van der Waals surface area (Å²) in [4.78, 5) is 0. The first kappa shape index (κ1) is 13.7. The zero-order valence-electron chi connectivity index (χ0n) is 10.2. The normalized spacial score (nSPS) is 12.9. The van der Waals surface area contributed by atoms with Crippen molar-refractivity contribution >= 4 is 6.08 Å². The van der Waals surface area contributed by atoms with Crippen molar-refractivity contribution in [3.8, 4) is 5.75 Å². The Labute approximate surface area is 102 Å². The lowest BCUT2D eigenvalue weighted by Crippen LogP contribution is -2.07. The summed E-state index contributed by atoms with van der Waals surface area (Å²) in [6.45, 7) is 2.87. The van der Waals surface area contributed by atoms with Crippen molar-refractivity contribution in [2.75, 3.05) is 19.8 Å². The largest absolute Gasteiger partial charge is 0.494 e. The van der Waals surface area contributed by atoms with Crippen LogP contribution in [0.25, 0.3) is 6.08 Å². The number of aliphatic hydroxyl groups excluding tert-OH is 2. The maximum Gasteiger partial charge on any atom is 0.119 e. The molecule has 0 unspecified atom stereocenters. The molecule has 0 aliphatic rings. The van der Waals surface area contributed by atoms with E-state index in [4.69, 9.17) is 14.9 Å². The molecule has 3 heteroatoms. The lowest BCUT2D eigenvalue weighted by atomic mass is 10.1. The standard InChI is InChI=1S/C14H20O3/c1-12(11-16)8-10-17-14-6-4-13(5-7-14)3-2-9-15/h2-7,12,15-16H,8-11H2,1H3/b3-2+/t12-/m1/s1. The fourth-order valence-electron chi connectivity index (χ4n) is 1.33. The highest BCUT2D eigenvalue weighted by Crippen LogP contribution is 2.14. The van der Waals surface area contributed by atoms with Gasteiger partial charge in [-0.15, -0.1) is 0 Å². The van der Waals surface area contributed by atoms with E-state index in [2.05, 4.69) is 0 Å². The topological polar surface area (TPSA) is 49.7 Å². The van der Waals surface area contributed by atoms with Crippen LogP contribution in [0.5, 0.6) is 5.75 Å². The summed E-state index contributed by atoms with van der Waals surface area (Å²) in [5.74, 6) is 1.11. The van der Waals surface area contributed by atoms with Crippen LogP contribution in [0.1, 0.15) is 18.9 Å². The lowest BCUT2D eigenvalue weighted by Gasteiger charge is -2.09. The molecular formula is C14H20O3. The highest BCUT2D eigenvalue weighted by molar-refractivity contribution is 5.50. The van der Waals surface area contributed by atoms with E-state index in [1.54, 1.807) is 6.08 Å². The average molecular weight is 236 g/mol. The van der Waals surface area contributed by atoms with Gasteiger partial charge in [-0.05, 0) is 30.0 Å². The number of hydrogen-bond acceptors (Lipinski definition) is 3. The summed E-state index contributed by atoms with van der Waals surface area (Å²) in [5, 5.41) is 17.5. The zero-order chi connectivity index (χ0) is 12.5. The molecule has 3 nitrogen and oxygen atoms in total. The molecule has 0 spiro atoms. The van der Waals surface area contributed by atoms with Crippen molar-refractivity contribution in [3.05, 3.63) is 35.9 Å². The van der Waals surface area contributed by atoms with Crippen LogP contribution >= 0.6 is 0 Å². The molecule has 0 aliphatic carbocycles. The smallest absolute Gasteiger partial charge is 0.119 e. The minimum absolute atomic E-state index is 0.0529. The highest BCUT2D eigenvalue weighted by atomic mass is 16.5. The van der Waals surface area contributed by atoms with E-state index in [0.29, 0.717) is 6.61 Å². The molecule has 17 heavy (non-hydrogen) atoms. The van der Waals surface area contributed by atoms with Crippen LogP contribution < -0.4 is 4.74 Å². The van der Waals surface area contributed by atoms with Crippen molar-refractivity contribution in [2.45, 2.75) is 13.3 Å².